The molecule has 1 amide bonds. The number of aliphatic hydroxyl groups is 1. The van der Waals surface area contributed by atoms with Gasteiger partial charge in [-0.15, -0.1) is 0 Å². The molecule has 2 N–H and O–H groups in total. The normalized spacial score (nSPS) is 15.1. The highest BCUT2D eigenvalue weighted by Crippen LogP contribution is 2.30. The van der Waals surface area contributed by atoms with E-state index in [2.05, 4.69) is 10.2 Å². The monoisotopic (exact) mass is 325 g/mol. The van der Waals surface area contributed by atoms with Crippen LogP contribution in [0.1, 0.15) is 29.0 Å². The summed E-state index contributed by atoms with van der Waals surface area (Å²) in [5, 5.41) is 21.1. The molecular formula is C18H19N3O3. The van der Waals surface area contributed by atoms with E-state index in [1.54, 1.807) is 0 Å². The molecule has 0 radical (unpaired) electrons. The molecule has 1 aromatic carbocycles. The first kappa shape index (κ1) is 16.1. The zero-order chi connectivity index (χ0) is 16.9. The summed E-state index contributed by atoms with van der Waals surface area (Å²) in [5.41, 5.74) is 1.84. The molecular weight excluding hydrogens is 306 g/mol. The van der Waals surface area contributed by atoms with Gasteiger partial charge < -0.3 is 19.7 Å². The van der Waals surface area contributed by atoms with Gasteiger partial charge in [0.15, 0.2) is 0 Å². The van der Waals surface area contributed by atoms with Gasteiger partial charge in [-0.25, -0.2) is 0 Å². The Kier molecular flexibility index (Phi) is 4.82. The number of carbonyl (C=O) groups excluding carboxylic acids is 1. The summed E-state index contributed by atoms with van der Waals surface area (Å²) in [6.45, 7) is 1.90. The number of para-hydroxylation sites is 2. The number of carbonyl (C=O) groups is 1. The van der Waals surface area contributed by atoms with Gasteiger partial charge in [0, 0.05) is 19.7 Å². The Morgan fingerprint density at radius 1 is 1.33 bits per heavy atom. The van der Waals surface area contributed by atoms with Crippen molar-refractivity contribution < 1.29 is 14.3 Å². The van der Waals surface area contributed by atoms with Crippen molar-refractivity contribution in [2.45, 2.75) is 12.8 Å². The fourth-order valence-corrected chi connectivity index (χ4v) is 2.96. The van der Waals surface area contributed by atoms with Gasteiger partial charge in [0.25, 0.3) is 5.91 Å². The molecule has 0 unspecified atom stereocenters. The fourth-order valence-electron chi connectivity index (χ4n) is 2.96. The van der Waals surface area contributed by atoms with E-state index in [9.17, 15) is 9.90 Å². The Hall–Kier alpha value is -2.78. The summed E-state index contributed by atoms with van der Waals surface area (Å²) in [7, 11) is 0. The maximum atomic E-state index is 12.4. The number of anilines is 2. The molecule has 2 aromatic rings. The van der Waals surface area contributed by atoms with Gasteiger partial charge in [-0.05, 0) is 37.0 Å². The van der Waals surface area contributed by atoms with Gasteiger partial charge in [-0.2, -0.15) is 5.26 Å². The number of nitrogens with one attached hydrogen (secondary N) is 1. The average Bonchev–Trinajstić information content (AvgIpc) is 3.11. The molecule has 124 valence electrons. The quantitative estimate of drug-likeness (QED) is 0.902. The van der Waals surface area contributed by atoms with Gasteiger partial charge >= 0.3 is 0 Å². The predicted molar refractivity (Wildman–Crippen MR) is 89.8 cm³/mol. The van der Waals surface area contributed by atoms with E-state index in [1.165, 1.54) is 12.3 Å². The Bertz CT molecular complexity index is 755. The highest BCUT2D eigenvalue weighted by atomic mass is 16.3. The summed E-state index contributed by atoms with van der Waals surface area (Å²) in [6.07, 6.45) is 3.18. The molecule has 24 heavy (non-hydrogen) atoms. The molecule has 0 spiro atoms. The van der Waals surface area contributed by atoms with Crippen molar-refractivity contribution in [1.29, 1.82) is 5.26 Å². The number of benzene rings is 1. The summed E-state index contributed by atoms with van der Waals surface area (Å²) < 4.78 is 5.13. The highest BCUT2D eigenvalue weighted by Gasteiger charge is 2.22. The Labute approximate surface area is 140 Å². The minimum absolute atomic E-state index is 0.0197. The van der Waals surface area contributed by atoms with Crippen LogP contribution in [0.3, 0.4) is 0 Å². The number of rotatable bonds is 4. The molecule has 1 saturated heterocycles. The van der Waals surface area contributed by atoms with Crippen LogP contribution in [0.15, 0.2) is 41.0 Å². The molecule has 6 heteroatoms. The molecule has 2 heterocycles. The Morgan fingerprint density at radius 2 is 2.08 bits per heavy atom. The maximum absolute atomic E-state index is 12.4. The van der Waals surface area contributed by atoms with Crippen LogP contribution in [0, 0.1) is 17.2 Å². The smallest absolute Gasteiger partial charge is 0.292 e. The van der Waals surface area contributed by atoms with Crippen molar-refractivity contribution in [3.63, 3.8) is 0 Å². The van der Waals surface area contributed by atoms with Crippen LogP contribution >= 0.6 is 0 Å². The summed E-state index contributed by atoms with van der Waals surface area (Å²) in [4.78, 5) is 14.6. The molecule has 0 bridgehead atoms. The number of hydrogen-bond acceptors (Lipinski definition) is 5. The Balaban J connectivity index is 1.78. The average molecular weight is 325 g/mol. The van der Waals surface area contributed by atoms with Gasteiger partial charge in [0.1, 0.15) is 11.6 Å². The first-order chi connectivity index (χ1) is 11.7. The van der Waals surface area contributed by atoms with E-state index in [1.807, 2.05) is 30.3 Å². The van der Waals surface area contributed by atoms with E-state index in [-0.39, 0.29) is 17.9 Å². The van der Waals surface area contributed by atoms with Crippen molar-refractivity contribution in [3.05, 3.63) is 47.9 Å². The molecule has 6 nitrogen and oxygen atoms in total. The summed E-state index contributed by atoms with van der Waals surface area (Å²) >= 11 is 0. The van der Waals surface area contributed by atoms with E-state index in [0.717, 1.165) is 31.6 Å². The van der Waals surface area contributed by atoms with Crippen LogP contribution in [-0.2, 0) is 0 Å². The van der Waals surface area contributed by atoms with E-state index >= 15 is 0 Å². The lowest BCUT2D eigenvalue weighted by molar-refractivity contribution is 0.0996. The Morgan fingerprint density at radius 3 is 2.79 bits per heavy atom. The van der Waals surface area contributed by atoms with Gasteiger partial charge in [-0.1, -0.05) is 12.1 Å². The third-order valence-corrected chi connectivity index (χ3v) is 4.36. The second kappa shape index (κ2) is 7.20. The molecule has 1 fully saturated rings. The van der Waals surface area contributed by atoms with E-state index in [0.29, 0.717) is 11.6 Å². The van der Waals surface area contributed by atoms with E-state index < -0.39 is 5.91 Å². The minimum Gasteiger partial charge on any atom is -0.458 e. The van der Waals surface area contributed by atoms with Crippen LogP contribution in [0.2, 0.25) is 0 Å². The molecule has 0 atom stereocenters. The van der Waals surface area contributed by atoms with Crippen molar-refractivity contribution in [3.8, 4) is 6.07 Å². The number of amides is 1. The van der Waals surface area contributed by atoms with Gasteiger partial charge in [0.2, 0.25) is 5.76 Å². The van der Waals surface area contributed by atoms with Crippen molar-refractivity contribution in [1.82, 2.24) is 0 Å². The first-order valence-corrected chi connectivity index (χ1v) is 7.96. The third kappa shape index (κ3) is 3.26. The lowest BCUT2D eigenvalue weighted by Gasteiger charge is -2.34. The number of furan rings is 1. The summed E-state index contributed by atoms with van der Waals surface area (Å²) in [6, 6.07) is 11.0. The molecule has 1 aromatic heterocycles. The standard InChI is InChI=1S/C18H19N3O3/c19-11-14-7-10-24-17(14)18(23)20-15-3-1-2-4-16(15)21-8-5-13(12-22)6-9-21/h1-4,7,10,13,22H,5-6,8-9,12H2,(H,20,23). The number of nitrogens with zero attached hydrogens (tertiary/aromatic N) is 2. The number of aliphatic hydroxyl groups excluding tert-OH is 1. The van der Waals surface area contributed by atoms with Gasteiger partial charge in [0.05, 0.1) is 17.6 Å². The largest absolute Gasteiger partial charge is 0.458 e. The van der Waals surface area contributed by atoms with Crippen LogP contribution in [0.5, 0.6) is 0 Å². The van der Waals surface area contributed by atoms with Crippen LogP contribution in [0.25, 0.3) is 0 Å². The second-order valence-electron chi connectivity index (χ2n) is 5.86. The number of nitriles is 1. The lowest BCUT2D eigenvalue weighted by Crippen LogP contribution is -2.35. The highest BCUT2D eigenvalue weighted by molar-refractivity contribution is 6.05. The minimum atomic E-state index is -0.436. The molecule has 1 aliphatic rings. The number of hydrogen-bond donors (Lipinski definition) is 2. The SMILES string of the molecule is N#Cc1ccoc1C(=O)Nc1ccccc1N1CCC(CO)CC1. The number of piperidine rings is 1. The molecule has 0 saturated carbocycles. The third-order valence-electron chi connectivity index (χ3n) is 4.36. The second-order valence-corrected chi connectivity index (χ2v) is 5.86. The summed E-state index contributed by atoms with van der Waals surface area (Å²) in [5.74, 6) is -0.0650. The predicted octanol–water partition coefficient (Wildman–Crippen LogP) is 2.61. The topological polar surface area (TPSA) is 89.5 Å². The molecule has 0 aliphatic carbocycles. The lowest BCUT2D eigenvalue weighted by atomic mass is 9.97. The van der Waals surface area contributed by atoms with Crippen molar-refractivity contribution >= 4 is 17.3 Å². The maximum Gasteiger partial charge on any atom is 0.292 e. The molecule has 1 aliphatic heterocycles. The zero-order valence-corrected chi connectivity index (χ0v) is 13.2. The van der Waals surface area contributed by atoms with Crippen molar-refractivity contribution in [2.24, 2.45) is 5.92 Å². The van der Waals surface area contributed by atoms with Gasteiger partial charge in [-0.3, -0.25) is 4.79 Å². The fraction of sp³-hybridized carbons (Fsp3) is 0.333. The van der Waals surface area contributed by atoms with Crippen LogP contribution < -0.4 is 10.2 Å². The van der Waals surface area contributed by atoms with Crippen LogP contribution in [0.4, 0.5) is 11.4 Å². The first-order valence-electron chi connectivity index (χ1n) is 7.96. The van der Waals surface area contributed by atoms with E-state index in [4.69, 9.17) is 9.68 Å². The molecule has 3 rings (SSSR count). The van der Waals surface area contributed by atoms with Crippen LogP contribution in [-0.4, -0.2) is 30.7 Å². The zero-order valence-electron chi connectivity index (χ0n) is 13.2. The van der Waals surface area contributed by atoms with Crippen molar-refractivity contribution in [2.75, 3.05) is 29.9 Å².